The molecule has 2 unspecified atom stereocenters. The van der Waals surface area contributed by atoms with Crippen LogP contribution in [0.15, 0.2) is 24.3 Å². The van der Waals surface area contributed by atoms with E-state index in [1.807, 2.05) is 11.0 Å². The van der Waals surface area contributed by atoms with Crippen LogP contribution in [0.4, 0.5) is 5.69 Å². The molecule has 0 saturated heterocycles. The summed E-state index contributed by atoms with van der Waals surface area (Å²) in [4.78, 5) is 25.1. The third-order valence-corrected chi connectivity index (χ3v) is 3.39. The van der Waals surface area contributed by atoms with Gasteiger partial charge < -0.3 is 19.5 Å². The Labute approximate surface area is 130 Å². The molecule has 2 atom stereocenters. The number of hydrogen-bond donors (Lipinski definition) is 1. The van der Waals surface area contributed by atoms with Gasteiger partial charge in [0.05, 0.1) is 26.1 Å². The summed E-state index contributed by atoms with van der Waals surface area (Å²) in [6.45, 7) is 4.25. The number of carbonyl (C=O) groups excluding carboxylic acids is 2. The lowest BCUT2D eigenvalue weighted by molar-refractivity contribution is -0.144. The second-order valence-corrected chi connectivity index (χ2v) is 5.27. The lowest BCUT2D eigenvalue weighted by Gasteiger charge is -2.29. The van der Waals surface area contributed by atoms with E-state index in [2.05, 4.69) is 0 Å². The summed E-state index contributed by atoms with van der Waals surface area (Å²) in [6, 6.07) is 6.68. The average molecular weight is 309 g/mol. The minimum atomic E-state index is -0.364. The molecule has 22 heavy (non-hydrogen) atoms. The Morgan fingerprint density at radius 3 is 2.00 bits per heavy atom. The summed E-state index contributed by atoms with van der Waals surface area (Å²) in [7, 11) is 2.68. The zero-order valence-electron chi connectivity index (χ0n) is 13.4. The van der Waals surface area contributed by atoms with Crippen molar-refractivity contribution in [3.63, 3.8) is 0 Å². The molecule has 0 amide bonds. The summed E-state index contributed by atoms with van der Waals surface area (Å²) >= 11 is 0. The molecule has 122 valence electrons. The van der Waals surface area contributed by atoms with Crippen LogP contribution >= 0.6 is 0 Å². The molecule has 0 bridgehead atoms. The second kappa shape index (κ2) is 8.26. The highest BCUT2D eigenvalue weighted by molar-refractivity contribution is 5.74. The summed E-state index contributed by atoms with van der Waals surface area (Å²) in [6.07, 6.45) is 0. The van der Waals surface area contributed by atoms with Crippen LogP contribution in [0.5, 0.6) is 5.75 Å². The van der Waals surface area contributed by atoms with Crippen molar-refractivity contribution in [1.82, 2.24) is 0 Å². The number of nitrogens with zero attached hydrogens (tertiary/aromatic N) is 1. The molecular weight excluding hydrogens is 286 g/mol. The first kappa shape index (κ1) is 17.8. The Morgan fingerprint density at radius 2 is 1.59 bits per heavy atom. The maximum Gasteiger partial charge on any atom is 0.310 e. The normalized spacial score (nSPS) is 13.1. The van der Waals surface area contributed by atoms with Crippen LogP contribution in [-0.2, 0) is 19.1 Å². The van der Waals surface area contributed by atoms with Crippen molar-refractivity contribution in [1.29, 1.82) is 0 Å². The fourth-order valence-electron chi connectivity index (χ4n) is 2.19. The molecule has 0 aromatic heterocycles. The SMILES string of the molecule is COC(=O)C(C)CN(CC(C)C(=O)OC)c1cccc(O)c1. The van der Waals surface area contributed by atoms with Crippen molar-refractivity contribution in [3.8, 4) is 5.75 Å². The molecule has 0 aliphatic carbocycles. The van der Waals surface area contributed by atoms with E-state index in [9.17, 15) is 14.7 Å². The minimum Gasteiger partial charge on any atom is -0.508 e. The lowest BCUT2D eigenvalue weighted by Crippen LogP contribution is -2.37. The van der Waals surface area contributed by atoms with Crippen molar-refractivity contribution in [2.45, 2.75) is 13.8 Å². The molecule has 1 N–H and O–H groups in total. The lowest BCUT2D eigenvalue weighted by atomic mass is 10.1. The van der Waals surface area contributed by atoms with Gasteiger partial charge in [0.25, 0.3) is 0 Å². The first-order chi connectivity index (χ1) is 10.4. The van der Waals surface area contributed by atoms with Gasteiger partial charge in [0.2, 0.25) is 0 Å². The Bertz CT molecular complexity index is 493. The first-order valence-corrected chi connectivity index (χ1v) is 7.08. The van der Waals surface area contributed by atoms with Crippen LogP contribution in [0.3, 0.4) is 0 Å². The second-order valence-electron chi connectivity index (χ2n) is 5.27. The first-order valence-electron chi connectivity index (χ1n) is 7.08. The largest absolute Gasteiger partial charge is 0.508 e. The molecule has 0 saturated carbocycles. The number of phenols is 1. The van der Waals surface area contributed by atoms with Crippen molar-refractivity contribution >= 4 is 17.6 Å². The van der Waals surface area contributed by atoms with E-state index in [0.717, 1.165) is 5.69 Å². The smallest absolute Gasteiger partial charge is 0.310 e. The summed E-state index contributed by atoms with van der Waals surface area (Å²) in [5, 5.41) is 9.63. The van der Waals surface area contributed by atoms with Crippen LogP contribution in [0.1, 0.15) is 13.8 Å². The van der Waals surface area contributed by atoms with Gasteiger partial charge in [0.15, 0.2) is 0 Å². The molecule has 0 radical (unpaired) electrons. The van der Waals surface area contributed by atoms with Gasteiger partial charge in [-0.05, 0) is 12.1 Å². The Morgan fingerprint density at radius 1 is 1.09 bits per heavy atom. The number of hydrogen-bond acceptors (Lipinski definition) is 6. The molecule has 1 rings (SSSR count). The molecule has 0 fully saturated rings. The maximum atomic E-state index is 11.6. The third kappa shape index (κ3) is 4.95. The van der Waals surface area contributed by atoms with E-state index in [-0.39, 0.29) is 29.5 Å². The summed E-state index contributed by atoms with van der Waals surface area (Å²) in [5.41, 5.74) is 0.728. The number of anilines is 1. The van der Waals surface area contributed by atoms with Crippen LogP contribution in [-0.4, -0.2) is 44.4 Å². The molecule has 1 aromatic rings. The van der Waals surface area contributed by atoms with Crippen LogP contribution in [0.25, 0.3) is 0 Å². The number of methoxy groups -OCH3 is 2. The molecule has 0 aliphatic heterocycles. The number of phenolic OH excluding ortho intramolecular Hbond substituents is 1. The van der Waals surface area contributed by atoms with Gasteiger partial charge in [-0.3, -0.25) is 9.59 Å². The fourth-order valence-corrected chi connectivity index (χ4v) is 2.19. The van der Waals surface area contributed by atoms with Crippen molar-refractivity contribution in [3.05, 3.63) is 24.3 Å². The monoisotopic (exact) mass is 309 g/mol. The zero-order chi connectivity index (χ0) is 16.7. The standard InChI is InChI=1S/C16H23NO5/c1-11(15(19)21-3)9-17(10-12(2)16(20)22-4)13-6-5-7-14(18)8-13/h5-8,11-12,18H,9-10H2,1-4H3. The number of benzene rings is 1. The average Bonchev–Trinajstić information content (AvgIpc) is 2.52. The van der Waals surface area contributed by atoms with E-state index < -0.39 is 0 Å². The van der Waals surface area contributed by atoms with E-state index in [1.165, 1.54) is 14.2 Å². The van der Waals surface area contributed by atoms with Gasteiger partial charge in [0.1, 0.15) is 5.75 Å². The highest BCUT2D eigenvalue weighted by atomic mass is 16.5. The number of rotatable bonds is 7. The van der Waals surface area contributed by atoms with Crippen LogP contribution in [0, 0.1) is 11.8 Å². The summed E-state index contributed by atoms with van der Waals surface area (Å²) < 4.78 is 9.48. The van der Waals surface area contributed by atoms with E-state index in [4.69, 9.17) is 9.47 Å². The van der Waals surface area contributed by atoms with Crippen LogP contribution in [0.2, 0.25) is 0 Å². The van der Waals surface area contributed by atoms with Crippen molar-refractivity contribution < 1.29 is 24.2 Å². The maximum absolute atomic E-state index is 11.6. The van der Waals surface area contributed by atoms with Gasteiger partial charge >= 0.3 is 11.9 Å². The van der Waals surface area contributed by atoms with Gasteiger partial charge in [-0.25, -0.2) is 0 Å². The number of aromatic hydroxyl groups is 1. The number of ether oxygens (including phenoxy) is 2. The van der Waals surface area contributed by atoms with E-state index in [0.29, 0.717) is 13.1 Å². The molecular formula is C16H23NO5. The topological polar surface area (TPSA) is 76.1 Å². The quantitative estimate of drug-likeness (QED) is 0.774. The molecule has 1 aromatic carbocycles. The predicted octanol–water partition coefficient (Wildman–Crippen LogP) is 1.82. The van der Waals surface area contributed by atoms with Crippen LogP contribution < -0.4 is 4.90 Å². The Hall–Kier alpha value is -2.24. The third-order valence-electron chi connectivity index (χ3n) is 3.39. The van der Waals surface area contributed by atoms with Crippen molar-refractivity contribution in [2.24, 2.45) is 11.8 Å². The van der Waals surface area contributed by atoms with E-state index in [1.54, 1.807) is 32.0 Å². The minimum absolute atomic E-state index is 0.124. The highest BCUT2D eigenvalue weighted by Crippen LogP contribution is 2.22. The van der Waals surface area contributed by atoms with Gasteiger partial charge in [0, 0.05) is 24.8 Å². The molecule has 6 nitrogen and oxygen atoms in total. The van der Waals surface area contributed by atoms with Gasteiger partial charge in [-0.2, -0.15) is 0 Å². The number of esters is 2. The molecule has 0 aliphatic rings. The summed E-state index contributed by atoms with van der Waals surface area (Å²) in [5.74, 6) is -1.25. The van der Waals surface area contributed by atoms with Gasteiger partial charge in [-0.1, -0.05) is 19.9 Å². The predicted molar refractivity (Wildman–Crippen MR) is 82.7 cm³/mol. The Balaban J connectivity index is 2.94. The molecule has 0 heterocycles. The van der Waals surface area contributed by atoms with Crippen molar-refractivity contribution in [2.75, 3.05) is 32.2 Å². The van der Waals surface area contributed by atoms with Gasteiger partial charge in [-0.15, -0.1) is 0 Å². The fraction of sp³-hybridized carbons (Fsp3) is 0.500. The van der Waals surface area contributed by atoms with E-state index >= 15 is 0 Å². The highest BCUT2D eigenvalue weighted by Gasteiger charge is 2.23. The zero-order valence-corrected chi connectivity index (χ0v) is 13.4. The molecule has 6 heteroatoms. The molecule has 0 spiro atoms. The Kier molecular flexibility index (Phi) is 6.69. The number of carbonyl (C=O) groups is 2.